The molecule has 3 heterocycles. The number of halogens is 3. The average Bonchev–Trinajstić information content (AvgIpc) is 3.41. The number of benzene rings is 1. The van der Waals surface area contributed by atoms with Crippen LogP contribution in [0.3, 0.4) is 0 Å². The van der Waals surface area contributed by atoms with Crippen LogP contribution in [0.1, 0.15) is 25.3 Å². The molecule has 0 radical (unpaired) electrons. The van der Waals surface area contributed by atoms with E-state index in [1.807, 2.05) is 0 Å². The standard InChI is InChI=1S/C25H28F3N5O2/c1-17(32-9-11-35-12-10-32)6-8-31-22(34)23-14-24(23,25(26,27)28)16-33(15-23)20-5-4-18(13-29)21-19(20)3-2-7-30-21/h2-5,7,17H,6,8-12,14-16H2,1H3,(H,31,34)/t17?,23-,24-/m0/s1. The Bertz CT molecular complexity index is 1180. The molecule has 1 aromatic carbocycles. The second kappa shape index (κ2) is 8.64. The smallest absolute Gasteiger partial charge is 0.379 e. The number of amides is 1. The maximum atomic E-state index is 14.3. The number of hydrogen-bond donors (Lipinski definition) is 1. The molecule has 35 heavy (non-hydrogen) atoms. The second-order valence-corrected chi connectivity index (χ2v) is 9.88. The SMILES string of the molecule is CC(CCNC(=O)[C@]12CN(c3ccc(C#N)c4ncccc34)C[C@@]1(C(F)(F)F)C2)N1CCOCC1. The van der Waals surface area contributed by atoms with Crippen LogP contribution in [0, 0.1) is 22.2 Å². The lowest BCUT2D eigenvalue weighted by Crippen LogP contribution is -2.45. The van der Waals surface area contributed by atoms with Gasteiger partial charge in [0, 0.05) is 56.0 Å². The zero-order chi connectivity index (χ0) is 24.8. The molecular weight excluding hydrogens is 459 g/mol. The molecule has 3 fully saturated rings. The van der Waals surface area contributed by atoms with Crippen molar-refractivity contribution < 1.29 is 22.7 Å². The molecule has 2 aromatic rings. The van der Waals surface area contributed by atoms with Gasteiger partial charge >= 0.3 is 6.18 Å². The summed E-state index contributed by atoms with van der Waals surface area (Å²) in [5, 5.41) is 12.8. The molecule has 1 unspecified atom stereocenters. The molecule has 2 aliphatic heterocycles. The zero-order valence-corrected chi connectivity index (χ0v) is 19.6. The summed E-state index contributed by atoms with van der Waals surface area (Å²) in [6.07, 6.45) is -2.48. The third kappa shape index (κ3) is 3.81. The molecular formula is C25H28F3N5O2. The molecule has 3 aliphatic rings. The van der Waals surface area contributed by atoms with Gasteiger partial charge in [0.05, 0.1) is 29.7 Å². The van der Waals surface area contributed by atoms with E-state index in [-0.39, 0.29) is 25.6 Å². The van der Waals surface area contributed by atoms with Gasteiger partial charge in [0.1, 0.15) is 11.5 Å². The van der Waals surface area contributed by atoms with E-state index in [2.05, 4.69) is 28.2 Å². The number of nitriles is 1. The van der Waals surface area contributed by atoms with Gasteiger partial charge < -0.3 is 15.0 Å². The molecule has 5 rings (SSSR count). The molecule has 3 atom stereocenters. The minimum Gasteiger partial charge on any atom is -0.379 e. The van der Waals surface area contributed by atoms with Crippen molar-refractivity contribution in [2.45, 2.75) is 32.0 Å². The lowest BCUT2D eigenvalue weighted by atomic mass is 9.94. The Hall–Kier alpha value is -2.90. The number of aromatic nitrogens is 1. The van der Waals surface area contributed by atoms with Crippen molar-refractivity contribution in [3.8, 4) is 6.07 Å². The first-order chi connectivity index (χ1) is 16.7. The first kappa shape index (κ1) is 23.8. The second-order valence-electron chi connectivity index (χ2n) is 9.88. The predicted molar refractivity (Wildman–Crippen MR) is 124 cm³/mol. The monoisotopic (exact) mass is 487 g/mol. The number of pyridine rings is 1. The van der Waals surface area contributed by atoms with E-state index in [0.29, 0.717) is 48.3 Å². The highest BCUT2D eigenvalue weighted by molar-refractivity contribution is 5.97. The molecule has 2 saturated heterocycles. The van der Waals surface area contributed by atoms with E-state index in [1.165, 1.54) is 0 Å². The number of anilines is 1. The predicted octanol–water partition coefficient (Wildman–Crippen LogP) is 3.09. The number of morpholine rings is 1. The fourth-order valence-corrected chi connectivity index (χ4v) is 5.88. The summed E-state index contributed by atoms with van der Waals surface area (Å²) in [5.74, 6) is -0.525. The number of carbonyl (C=O) groups excluding carboxylic acids is 1. The topological polar surface area (TPSA) is 81.5 Å². The third-order valence-corrected chi connectivity index (χ3v) is 8.02. The average molecular weight is 488 g/mol. The lowest BCUT2D eigenvalue weighted by Gasteiger charge is -2.32. The van der Waals surface area contributed by atoms with Crippen LogP contribution < -0.4 is 10.2 Å². The Labute approximate surface area is 201 Å². The Balaban J connectivity index is 1.34. The number of fused-ring (bicyclic) bond motifs is 2. The van der Waals surface area contributed by atoms with Crippen molar-refractivity contribution in [2.75, 3.05) is 50.8 Å². The van der Waals surface area contributed by atoms with E-state index in [0.717, 1.165) is 13.1 Å². The summed E-state index contributed by atoms with van der Waals surface area (Å²) in [6, 6.07) is 8.98. The van der Waals surface area contributed by atoms with Crippen LogP contribution in [-0.2, 0) is 9.53 Å². The molecule has 186 valence electrons. The Morgan fingerprint density at radius 1 is 1.29 bits per heavy atom. The molecule has 1 saturated carbocycles. The molecule has 0 bridgehead atoms. The van der Waals surface area contributed by atoms with Gasteiger partial charge in [-0.05, 0) is 44.0 Å². The summed E-state index contributed by atoms with van der Waals surface area (Å²) in [7, 11) is 0. The minimum absolute atomic E-state index is 0.0206. The van der Waals surface area contributed by atoms with Crippen molar-refractivity contribution in [1.29, 1.82) is 5.26 Å². The van der Waals surface area contributed by atoms with E-state index in [1.54, 1.807) is 35.4 Å². The van der Waals surface area contributed by atoms with Gasteiger partial charge in [0.2, 0.25) is 5.91 Å². The number of hydrogen-bond acceptors (Lipinski definition) is 6. The van der Waals surface area contributed by atoms with Crippen LogP contribution in [0.5, 0.6) is 0 Å². The van der Waals surface area contributed by atoms with Gasteiger partial charge in [0.25, 0.3) is 0 Å². The summed E-state index contributed by atoms with van der Waals surface area (Å²) >= 11 is 0. The summed E-state index contributed by atoms with van der Waals surface area (Å²) < 4.78 is 48.3. The minimum atomic E-state index is -4.50. The summed E-state index contributed by atoms with van der Waals surface area (Å²) in [4.78, 5) is 21.4. The maximum absolute atomic E-state index is 14.3. The van der Waals surface area contributed by atoms with Crippen LogP contribution in [0.2, 0.25) is 0 Å². The highest BCUT2D eigenvalue weighted by Crippen LogP contribution is 2.75. The zero-order valence-electron chi connectivity index (χ0n) is 19.6. The van der Waals surface area contributed by atoms with Gasteiger partial charge in [-0.25, -0.2) is 0 Å². The Morgan fingerprint density at radius 2 is 2.06 bits per heavy atom. The molecule has 1 aromatic heterocycles. The van der Waals surface area contributed by atoms with Gasteiger partial charge in [0.15, 0.2) is 0 Å². The number of rotatable bonds is 6. The molecule has 1 amide bonds. The number of piperidine rings is 1. The van der Waals surface area contributed by atoms with Gasteiger partial charge in [-0.1, -0.05) is 0 Å². The molecule has 1 aliphatic carbocycles. The fourth-order valence-electron chi connectivity index (χ4n) is 5.88. The quantitative estimate of drug-likeness (QED) is 0.675. The molecule has 1 N–H and O–H groups in total. The van der Waals surface area contributed by atoms with Crippen LogP contribution in [0.15, 0.2) is 30.5 Å². The first-order valence-corrected chi connectivity index (χ1v) is 11.9. The largest absolute Gasteiger partial charge is 0.397 e. The van der Waals surface area contributed by atoms with Gasteiger partial charge in [-0.3, -0.25) is 14.7 Å². The number of alkyl halides is 3. The van der Waals surface area contributed by atoms with E-state index < -0.39 is 22.9 Å². The van der Waals surface area contributed by atoms with E-state index in [9.17, 15) is 23.2 Å². The first-order valence-electron chi connectivity index (χ1n) is 11.9. The fraction of sp³-hybridized carbons (Fsp3) is 0.560. The number of nitrogens with one attached hydrogen (secondary N) is 1. The van der Waals surface area contributed by atoms with E-state index >= 15 is 0 Å². The Morgan fingerprint density at radius 3 is 2.77 bits per heavy atom. The van der Waals surface area contributed by atoms with E-state index in [4.69, 9.17) is 4.74 Å². The van der Waals surface area contributed by atoms with Crippen LogP contribution >= 0.6 is 0 Å². The normalized spacial score (nSPS) is 27.3. The summed E-state index contributed by atoms with van der Waals surface area (Å²) in [6.45, 7) is 5.06. The van der Waals surface area contributed by atoms with Crippen LogP contribution in [-0.4, -0.2) is 73.9 Å². The summed E-state index contributed by atoms with van der Waals surface area (Å²) in [5.41, 5.74) is -2.19. The maximum Gasteiger partial charge on any atom is 0.397 e. The lowest BCUT2D eigenvalue weighted by molar-refractivity contribution is -0.191. The van der Waals surface area contributed by atoms with Crippen molar-refractivity contribution in [1.82, 2.24) is 15.2 Å². The van der Waals surface area contributed by atoms with Crippen molar-refractivity contribution in [3.05, 3.63) is 36.0 Å². The molecule has 0 spiro atoms. The highest BCUT2D eigenvalue weighted by Gasteiger charge is 2.86. The molecule has 7 nitrogen and oxygen atoms in total. The van der Waals surface area contributed by atoms with Gasteiger partial charge in [-0.2, -0.15) is 18.4 Å². The number of nitrogens with zero attached hydrogens (tertiary/aromatic N) is 4. The van der Waals surface area contributed by atoms with Crippen molar-refractivity contribution in [2.24, 2.45) is 10.8 Å². The number of ether oxygens (including phenoxy) is 1. The third-order valence-electron chi connectivity index (χ3n) is 8.02. The molecule has 10 heteroatoms. The van der Waals surface area contributed by atoms with Crippen molar-refractivity contribution >= 4 is 22.5 Å². The highest BCUT2D eigenvalue weighted by atomic mass is 19.4. The number of carbonyl (C=O) groups is 1. The van der Waals surface area contributed by atoms with Crippen LogP contribution in [0.25, 0.3) is 10.9 Å². The van der Waals surface area contributed by atoms with Crippen molar-refractivity contribution in [3.63, 3.8) is 0 Å². The van der Waals surface area contributed by atoms with Gasteiger partial charge in [-0.15, -0.1) is 0 Å². The Kier molecular flexibility index (Phi) is 5.88. The van der Waals surface area contributed by atoms with Crippen LogP contribution in [0.4, 0.5) is 18.9 Å².